The molecule has 4 nitrogen and oxygen atoms in total. The van der Waals surface area contributed by atoms with Crippen LogP contribution in [0.3, 0.4) is 0 Å². The fourth-order valence-corrected chi connectivity index (χ4v) is 1.49. The fraction of sp³-hybridized carbons (Fsp3) is 0.727. The second-order valence-corrected chi connectivity index (χ2v) is 4.14. The highest BCUT2D eigenvalue weighted by molar-refractivity contribution is 4.96. The number of nitrogens with one attached hydrogen (secondary N) is 1. The van der Waals surface area contributed by atoms with E-state index in [2.05, 4.69) is 24.1 Å². The van der Waals surface area contributed by atoms with E-state index in [1.165, 1.54) is 0 Å². The number of aryl methyl sites for hydroxylation is 1. The lowest BCUT2D eigenvalue weighted by Gasteiger charge is -2.13. The highest BCUT2D eigenvalue weighted by Crippen LogP contribution is 2.09. The molecule has 0 radical (unpaired) electrons. The van der Waals surface area contributed by atoms with Crippen molar-refractivity contribution in [3.63, 3.8) is 0 Å². The molecule has 0 bridgehead atoms. The van der Waals surface area contributed by atoms with E-state index in [-0.39, 0.29) is 0 Å². The molecular formula is C11H21N3O. The molecule has 15 heavy (non-hydrogen) atoms. The highest BCUT2D eigenvalue weighted by atomic mass is 16.3. The average molecular weight is 211 g/mol. The third-order valence-corrected chi connectivity index (χ3v) is 2.28. The van der Waals surface area contributed by atoms with Gasteiger partial charge in [0.05, 0.1) is 0 Å². The van der Waals surface area contributed by atoms with Crippen molar-refractivity contribution >= 4 is 0 Å². The molecule has 0 aliphatic rings. The van der Waals surface area contributed by atoms with Gasteiger partial charge in [-0.3, -0.25) is 0 Å². The van der Waals surface area contributed by atoms with Crippen LogP contribution in [0.5, 0.6) is 0 Å². The molecule has 4 heteroatoms. The van der Waals surface area contributed by atoms with Crippen LogP contribution in [0.4, 0.5) is 0 Å². The van der Waals surface area contributed by atoms with Gasteiger partial charge in [-0.2, -0.15) is 0 Å². The van der Waals surface area contributed by atoms with Gasteiger partial charge in [0.2, 0.25) is 0 Å². The van der Waals surface area contributed by atoms with Gasteiger partial charge in [-0.05, 0) is 19.4 Å². The minimum Gasteiger partial charge on any atom is -0.384 e. The van der Waals surface area contributed by atoms with Gasteiger partial charge in [-0.25, -0.2) is 4.98 Å². The van der Waals surface area contributed by atoms with Gasteiger partial charge in [-0.1, -0.05) is 13.8 Å². The Morgan fingerprint density at radius 1 is 1.47 bits per heavy atom. The summed E-state index contributed by atoms with van der Waals surface area (Å²) in [7, 11) is 0. The molecule has 0 aliphatic carbocycles. The Kier molecular flexibility index (Phi) is 4.78. The highest BCUT2D eigenvalue weighted by Gasteiger charge is 2.12. The van der Waals surface area contributed by atoms with Crippen molar-refractivity contribution in [3.05, 3.63) is 18.2 Å². The van der Waals surface area contributed by atoms with Gasteiger partial charge in [0, 0.05) is 25.5 Å². The molecule has 1 aromatic heterocycles. The molecule has 1 atom stereocenters. The zero-order valence-electron chi connectivity index (χ0n) is 9.77. The molecule has 0 spiro atoms. The largest absolute Gasteiger partial charge is 0.384 e. The monoisotopic (exact) mass is 211 g/mol. The first kappa shape index (κ1) is 12.2. The van der Waals surface area contributed by atoms with Gasteiger partial charge in [-0.15, -0.1) is 0 Å². The van der Waals surface area contributed by atoms with Crippen LogP contribution >= 0.6 is 0 Å². The Morgan fingerprint density at radius 3 is 2.80 bits per heavy atom. The maximum Gasteiger partial charge on any atom is 0.138 e. The summed E-state index contributed by atoms with van der Waals surface area (Å²) in [5.41, 5.74) is 0. The molecule has 1 aromatic rings. The van der Waals surface area contributed by atoms with Crippen LogP contribution in [0, 0.1) is 5.92 Å². The Balaban J connectivity index is 2.43. The van der Waals surface area contributed by atoms with E-state index in [0.29, 0.717) is 12.5 Å². The number of aliphatic hydroxyl groups is 1. The van der Waals surface area contributed by atoms with E-state index < -0.39 is 6.10 Å². The maximum absolute atomic E-state index is 9.89. The van der Waals surface area contributed by atoms with E-state index in [9.17, 15) is 5.11 Å². The summed E-state index contributed by atoms with van der Waals surface area (Å²) in [6, 6.07) is 0. The number of hydrogen-bond acceptors (Lipinski definition) is 3. The second-order valence-electron chi connectivity index (χ2n) is 4.14. The number of aromatic nitrogens is 2. The molecule has 1 rings (SSSR count). The van der Waals surface area contributed by atoms with Gasteiger partial charge < -0.3 is 15.0 Å². The van der Waals surface area contributed by atoms with Crippen LogP contribution in [-0.2, 0) is 6.54 Å². The Morgan fingerprint density at radius 2 is 2.20 bits per heavy atom. The molecule has 1 heterocycles. The minimum absolute atomic E-state index is 0.515. The molecule has 0 amide bonds. The topological polar surface area (TPSA) is 50.1 Å². The third kappa shape index (κ3) is 3.64. The summed E-state index contributed by atoms with van der Waals surface area (Å²) in [5, 5.41) is 13.1. The zero-order valence-corrected chi connectivity index (χ0v) is 9.77. The van der Waals surface area contributed by atoms with E-state index >= 15 is 0 Å². The molecular weight excluding hydrogens is 190 g/mol. The third-order valence-electron chi connectivity index (χ3n) is 2.28. The lowest BCUT2D eigenvalue weighted by molar-refractivity contribution is 0.159. The molecule has 0 aliphatic heterocycles. The van der Waals surface area contributed by atoms with E-state index in [0.717, 1.165) is 18.9 Å². The Hall–Kier alpha value is -0.870. The van der Waals surface area contributed by atoms with Crippen LogP contribution in [-0.4, -0.2) is 27.7 Å². The quantitative estimate of drug-likeness (QED) is 0.743. The summed E-state index contributed by atoms with van der Waals surface area (Å²) in [6.45, 7) is 8.66. The van der Waals surface area contributed by atoms with E-state index in [4.69, 9.17) is 0 Å². The first-order valence-electron chi connectivity index (χ1n) is 5.55. The van der Waals surface area contributed by atoms with Crippen molar-refractivity contribution in [1.29, 1.82) is 0 Å². The average Bonchev–Trinajstić information content (AvgIpc) is 2.64. The predicted octanol–water partition coefficient (Wildman–Crippen LogP) is 1.18. The van der Waals surface area contributed by atoms with Crippen LogP contribution in [0.15, 0.2) is 12.4 Å². The van der Waals surface area contributed by atoms with Gasteiger partial charge in [0.15, 0.2) is 0 Å². The molecule has 2 N–H and O–H groups in total. The summed E-state index contributed by atoms with van der Waals surface area (Å²) in [6.07, 6.45) is 3.10. The number of hydrogen-bond donors (Lipinski definition) is 2. The number of aliphatic hydroxyl groups excluding tert-OH is 1. The maximum atomic E-state index is 9.89. The van der Waals surface area contributed by atoms with Crippen molar-refractivity contribution in [2.24, 2.45) is 5.92 Å². The molecule has 86 valence electrons. The van der Waals surface area contributed by atoms with E-state index in [1.54, 1.807) is 6.20 Å². The number of imidazole rings is 1. The summed E-state index contributed by atoms with van der Waals surface area (Å²) in [4.78, 5) is 4.16. The van der Waals surface area contributed by atoms with Crippen molar-refractivity contribution in [2.75, 3.05) is 13.1 Å². The Labute approximate surface area is 91.3 Å². The minimum atomic E-state index is -0.515. The van der Waals surface area contributed by atoms with Crippen LogP contribution < -0.4 is 5.32 Å². The van der Waals surface area contributed by atoms with Crippen LogP contribution in [0.2, 0.25) is 0 Å². The molecule has 0 saturated carbocycles. The standard InChI is InChI=1S/C11H21N3O/c1-4-14-6-5-13-11(14)10(15)8-12-7-9(2)3/h5-6,9-10,12,15H,4,7-8H2,1-3H3. The lowest BCUT2D eigenvalue weighted by atomic mass is 10.2. The SMILES string of the molecule is CCn1ccnc1C(O)CNCC(C)C. The molecule has 1 unspecified atom stereocenters. The molecule has 0 saturated heterocycles. The van der Waals surface area contributed by atoms with Gasteiger partial charge >= 0.3 is 0 Å². The first-order chi connectivity index (χ1) is 7.15. The molecule has 0 fully saturated rings. The van der Waals surface area contributed by atoms with E-state index in [1.807, 2.05) is 17.7 Å². The summed E-state index contributed by atoms with van der Waals surface area (Å²) in [5.74, 6) is 1.34. The second kappa shape index (κ2) is 5.88. The predicted molar refractivity (Wildman–Crippen MR) is 60.6 cm³/mol. The number of rotatable bonds is 6. The van der Waals surface area contributed by atoms with Crippen molar-refractivity contribution in [1.82, 2.24) is 14.9 Å². The van der Waals surface area contributed by atoms with Crippen molar-refractivity contribution in [2.45, 2.75) is 33.4 Å². The van der Waals surface area contributed by atoms with Crippen LogP contribution in [0.25, 0.3) is 0 Å². The summed E-state index contributed by atoms with van der Waals surface area (Å²) < 4.78 is 1.96. The molecule has 0 aromatic carbocycles. The Bertz CT molecular complexity index is 283. The van der Waals surface area contributed by atoms with Crippen LogP contribution in [0.1, 0.15) is 32.7 Å². The summed E-state index contributed by atoms with van der Waals surface area (Å²) >= 11 is 0. The van der Waals surface area contributed by atoms with Gasteiger partial charge in [0.25, 0.3) is 0 Å². The zero-order chi connectivity index (χ0) is 11.3. The normalized spacial score (nSPS) is 13.4. The van der Waals surface area contributed by atoms with Crippen molar-refractivity contribution in [3.8, 4) is 0 Å². The lowest BCUT2D eigenvalue weighted by Crippen LogP contribution is -2.26. The fourth-order valence-electron chi connectivity index (χ4n) is 1.49. The number of nitrogens with zero attached hydrogens (tertiary/aromatic N) is 2. The smallest absolute Gasteiger partial charge is 0.138 e. The van der Waals surface area contributed by atoms with Crippen molar-refractivity contribution < 1.29 is 5.11 Å². The first-order valence-corrected chi connectivity index (χ1v) is 5.55. The van der Waals surface area contributed by atoms with Gasteiger partial charge in [0.1, 0.15) is 11.9 Å².